The predicted molar refractivity (Wildman–Crippen MR) is 478 cm³/mol. The van der Waals surface area contributed by atoms with Gasteiger partial charge in [-0.2, -0.15) is 0 Å². The predicted octanol–water partition coefficient (Wildman–Crippen LogP) is 26.9. The van der Waals surface area contributed by atoms with Gasteiger partial charge in [0.25, 0.3) is 0 Å². The standard InChI is InChI=1S/C48H45N3.C32H41BO2.C22H16BrN3/c1-30-12-11-13-31(2)44(30)46-50-49-45-41-15-10-9-14-40(41)42-29-34(20-25-43(42)51(45)46)37-27-35(32-16-21-38(22-17-32)47(3,4)5)26-36(28-37)33-18-23-39(24-19-33)48(6,7)8;1-29(2,3)26-15-11-22(12-16-26)24-19-25(23-13-17-27(18-14-23)30(4,5)6)21-28(20-24)33-34-31(7,8)32(9,10)35-33;1-13-6-5-7-14(2)20(13)22-25-24-21-17-9-4-3-8-16(17)18-12-15(23)10-11-19(18)26(21)22/h9-29H,1-8H3;11-21H,1-10H3;3-12H,1-2H3. The molecule has 0 N–H and O–H groups in total. The molecule has 112 heavy (non-hydrogen) atoms. The van der Waals surface area contributed by atoms with Crippen LogP contribution >= 0.6 is 15.9 Å². The van der Waals surface area contributed by atoms with Crippen molar-refractivity contribution < 1.29 is 9.31 Å². The lowest BCUT2D eigenvalue weighted by Crippen LogP contribution is -2.41. The van der Waals surface area contributed by atoms with E-state index in [-0.39, 0.29) is 32.9 Å². The lowest BCUT2D eigenvalue weighted by Gasteiger charge is -2.32. The van der Waals surface area contributed by atoms with E-state index in [1.807, 2.05) is 0 Å². The van der Waals surface area contributed by atoms with Gasteiger partial charge in [0.2, 0.25) is 0 Å². The molecular weight excluding hydrogens is 1430 g/mol. The summed E-state index contributed by atoms with van der Waals surface area (Å²) in [6.07, 6.45) is 0. The zero-order valence-electron chi connectivity index (χ0n) is 68.7. The van der Waals surface area contributed by atoms with Crippen LogP contribution in [0.5, 0.6) is 0 Å². The van der Waals surface area contributed by atoms with Crippen molar-refractivity contribution in [3.05, 3.63) is 304 Å². The molecule has 1 saturated heterocycles. The first kappa shape index (κ1) is 76.7. The van der Waals surface area contributed by atoms with Gasteiger partial charge in [0.15, 0.2) is 22.9 Å². The molecule has 0 aliphatic carbocycles. The van der Waals surface area contributed by atoms with Crippen LogP contribution in [-0.4, -0.2) is 47.5 Å². The van der Waals surface area contributed by atoms with Crippen LogP contribution in [0.25, 0.3) is 133 Å². The maximum Gasteiger partial charge on any atom is 0.494 e. The highest BCUT2D eigenvalue weighted by molar-refractivity contribution is 9.10. The Morgan fingerprint density at radius 2 is 0.589 bits per heavy atom. The van der Waals surface area contributed by atoms with Crippen molar-refractivity contribution in [2.45, 2.75) is 171 Å². The van der Waals surface area contributed by atoms with E-state index in [0.29, 0.717) is 0 Å². The van der Waals surface area contributed by atoms with E-state index in [4.69, 9.17) is 19.5 Å². The third-order valence-corrected chi connectivity index (χ3v) is 23.7. The fourth-order valence-corrected chi connectivity index (χ4v) is 16.1. The van der Waals surface area contributed by atoms with E-state index in [0.717, 1.165) is 65.8 Å². The summed E-state index contributed by atoms with van der Waals surface area (Å²) in [6.45, 7) is 44.1. The maximum atomic E-state index is 6.44. The van der Waals surface area contributed by atoms with E-state index >= 15 is 0 Å². The Bertz CT molecular complexity index is 6070. The van der Waals surface area contributed by atoms with Crippen molar-refractivity contribution in [2.24, 2.45) is 0 Å². The Morgan fingerprint density at radius 3 is 0.929 bits per heavy atom. The SMILES string of the molecule is CC(C)(C)c1ccc(-c2cc(B3OC(C)(C)C(C)(C)O3)cc(-c3ccc(C(C)(C)C)cc3)c2)cc1.Cc1cccc(C)c1-c1nnc2c3ccccc3c3cc(-c4cc(-c5ccc(C(C)(C)C)cc5)cc(-c5ccc(C(C)(C)C)cc5)c4)ccc3n12.Cc1cccc(C)c1-c1nnc2c3ccccc3c3cc(Br)ccc3n12. The largest absolute Gasteiger partial charge is 0.494 e. The van der Waals surface area contributed by atoms with Gasteiger partial charge >= 0.3 is 7.12 Å². The van der Waals surface area contributed by atoms with E-state index in [1.54, 1.807) is 0 Å². The van der Waals surface area contributed by atoms with Gasteiger partial charge in [-0.25, -0.2) is 0 Å². The number of aryl methyl sites for hydroxylation is 4. The second kappa shape index (κ2) is 29.2. The highest BCUT2D eigenvalue weighted by atomic mass is 79.9. The Balaban J connectivity index is 0.000000141. The minimum absolute atomic E-state index is 0.0994. The van der Waals surface area contributed by atoms with Crippen molar-refractivity contribution in [1.82, 2.24) is 29.2 Å². The first-order valence-corrected chi connectivity index (χ1v) is 40.2. The Kier molecular flexibility index (Phi) is 20.0. The van der Waals surface area contributed by atoms with Crippen molar-refractivity contribution >= 4 is 83.2 Å². The van der Waals surface area contributed by atoms with Crippen LogP contribution in [0, 0.1) is 27.7 Å². The summed E-state index contributed by atoms with van der Waals surface area (Å²) < 4.78 is 18.4. The number of rotatable bonds is 8. The summed E-state index contributed by atoms with van der Waals surface area (Å²) in [7, 11) is -0.401. The Morgan fingerprint density at radius 1 is 0.295 bits per heavy atom. The topological polar surface area (TPSA) is 78.8 Å². The molecule has 1 fully saturated rings. The van der Waals surface area contributed by atoms with E-state index in [2.05, 4.69) is 428 Å². The average Bonchev–Trinajstić information content (AvgIpc) is 1.51. The minimum atomic E-state index is -0.401. The van der Waals surface area contributed by atoms with Crippen LogP contribution in [0.2, 0.25) is 0 Å². The number of aromatic nitrogens is 6. The second-order valence-electron chi connectivity index (χ2n) is 35.9. The maximum absolute atomic E-state index is 6.44. The van der Waals surface area contributed by atoms with Gasteiger partial charge in [-0.15, -0.1) is 20.4 Å². The summed E-state index contributed by atoms with van der Waals surface area (Å²) in [5.74, 6) is 1.78. The molecule has 562 valence electrons. The summed E-state index contributed by atoms with van der Waals surface area (Å²) in [6, 6.07) is 92.9. The van der Waals surface area contributed by atoms with Gasteiger partial charge in [-0.1, -0.05) is 299 Å². The van der Waals surface area contributed by atoms with Crippen LogP contribution in [0.4, 0.5) is 0 Å². The number of pyridine rings is 2. The van der Waals surface area contributed by atoms with Crippen molar-refractivity contribution in [1.29, 1.82) is 0 Å². The third kappa shape index (κ3) is 14.9. The number of hydrogen-bond donors (Lipinski definition) is 0. The first-order valence-electron chi connectivity index (χ1n) is 39.4. The molecule has 17 rings (SSSR count). The molecule has 5 heterocycles. The number of nitrogens with zero attached hydrogens (tertiary/aromatic N) is 6. The van der Waals surface area contributed by atoms with Gasteiger partial charge < -0.3 is 9.31 Å². The molecule has 0 spiro atoms. The molecule has 10 heteroatoms. The zero-order valence-corrected chi connectivity index (χ0v) is 70.3. The monoisotopic (exact) mass is 1530 g/mol. The number of benzene rings is 12. The number of halogens is 1. The zero-order chi connectivity index (χ0) is 79.3. The van der Waals surface area contributed by atoms with Crippen LogP contribution in [0.3, 0.4) is 0 Å². The summed E-state index contributed by atoms with van der Waals surface area (Å²) in [5.41, 5.74) is 29.1. The fraction of sp³-hybridized carbons (Fsp3) is 0.255. The van der Waals surface area contributed by atoms with Crippen LogP contribution in [-0.2, 0) is 31.0 Å². The molecule has 0 saturated carbocycles. The van der Waals surface area contributed by atoms with Crippen molar-refractivity contribution in [2.75, 3.05) is 0 Å². The molecule has 0 atom stereocenters. The lowest BCUT2D eigenvalue weighted by atomic mass is 9.76. The highest BCUT2D eigenvalue weighted by Crippen LogP contribution is 2.43. The van der Waals surface area contributed by atoms with Gasteiger partial charge in [0, 0.05) is 37.1 Å². The molecule has 16 aromatic rings. The van der Waals surface area contributed by atoms with E-state index < -0.39 is 7.12 Å². The molecule has 4 aromatic heterocycles. The molecular formula is C102H102BBrN6O2. The quantitative estimate of drug-likeness (QED) is 0.111. The Labute approximate surface area is 670 Å². The smallest absolute Gasteiger partial charge is 0.399 e. The molecule has 0 radical (unpaired) electrons. The molecule has 0 unspecified atom stereocenters. The normalized spacial score (nSPS) is 13.8. The Hall–Kier alpha value is -10.6. The number of fused-ring (bicyclic) bond motifs is 12. The van der Waals surface area contributed by atoms with Crippen LogP contribution in [0.15, 0.2) is 259 Å². The lowest BCUT2D eigenvalue weighted by molar-refractivity contribution is 0.00578. The highest BCUT2D eigenvalue weighted by Gasteiger charge is 2.52. The minimum Gasteiger partial charge on any atom is -0.399 e. The van der Waals surface area contributed by atoms with Crippen LogP contribution in [0.1, 0.15) is 155 Å². The summed E-state index contributed by atoms with van der Waals surface area (Å²) in [5, 5.41) is 25.7. The van der Waals surface area contributed by atoms with E-state index in [1.165, 1.54) is 122 Å². The van der Waals surface area contributed by atoms with E-state index in [9.17, 15) is 0 Å². The average molecular weight is 1530 g/mol. The second-order valence-corrected chi connectivity index (χ2v) is 36.8. The third-order valence-electron chi connectivity index (χ3n) is 23.2. The molecule has 1 aliphatic rings. The number of hydrogen-bond acceptors (Lipinski definition) is 6. The van der Waals surface area contributed by atoms with Crippen molar-refractivity contribution in [3.8, 4) is 78.4 Å². The van der Waals surface area contributed by atoms with Gasteiger partial charge in [-0.05, 0) is 248 Å². The van der Waals surface area contributed by atoms with Crippen LogP contribution < -0.4 is 5.46 Å². The van der Waals surface area contributed by atoms with Gasteiger partial charge in [0.05, 0.1) is 22.2 Å². The molecule has 1 aliphatic heterocycles. The fourth-order valence-electron chi connectivity index (χ4n) is 15.8. The summed E-state index contributed by atoms with van der Waals surface area (Å²) in [4.78, 5) is 0. The molecule has 0 bridgehead atoms. The molecule has 12 aromatic carbocycles. The molecule has 8 nitrogen and oxygen atoms in total. The van der Waals surface area contributed by atoms with Crippen molar-refractivity contribution in [3.63, 3.8) is 0 Å². The van der Waals surface area contributed by atoms with Gasteiger partial charge in [-0.3, -0.25) is 8.80 Å². The molecule has 0 amide bonds. The summed E-state index contributed by atoms with van der Waals surface area (Å²) >= 11 is 3.62. The van der Waals surface area contributed by atoms with Gasteiger partial charge in [0.1, 0.15) is 0 Å². The first-order chi connectivity index (χ1) is 53.1.